The second kappa shape index (κ2) is 10.2. The Morgan fingerprint density at radius 1 is 0.917 bits per heavy atom. The lowest BCUT2D eigenvalue weighted by molar-refractivity contribution is -0.132. The van der Waals surface area contributed by atoms with E-state index in [0.29, 0.717) is 40.7 Å². The smallest absolute Gasteiger partial charge is 0.300 e. The number of rotatable bonds is 7. The number of hydrogen-bond acceptors (Lipinski definition) is 6. The number of anilines is 1. The van der Waals surface area contributed by atoms with Crippen LogP contribution in [0.2, 0.25) is 0 Å². The van der Waals surface area contributed by atoms with Crippen molar-refractivity contribution in [3.05, 3.63) is 88.5 Å². The fourth-order valence-electron chi connectivity index (χ4n) is 4.50. The van der Waals surface area contributed by atoms with Gasteiger partial charge in [-0.2, -0.15) is 0 Å². The van der Waals surface area contributed by atoms with Gasteiger partial charge in [-0.25, -0.2) is 0 Å². The first-order chi connectivity index (χ1) is 17.3. The summed E-state index contributed by atoms with van der Waals surface area (Å²) in [4.78, 5) is 28.3. The number of aryl methyl sites for hydroxylation is 2. The molecule has 1 N–H and O–H groups in total. The molecule has 7 heteroatoms. The molecular weight excluding hydrogens is 458 g/mol. The van der Waals surface area contributed by atoms with Gasteiger partial charge in [-0.15, -0.1) is 0 Å². The Labute approximate surface area is 210 Å². The summed E-state index contributed by atoms with van der Waals surface area (Å²) in [5.74, 6) is -0.0771. The van der Waals surface area contributed by atoms with E-state index in [-0.39, 0.29) is 11.3 Å². The summed E-state index contributed by atoms with van der Waals surface area (Å²) >= 11 is 0. The monoisotopic (exact) mass is 487 g/mol. The van der Waals surface area contributed by atoms with Gasteiger partial charge in [0.15, 0.2) is 11.5 Å². The zero-order valence-corrected chi connectivity index (χ0v) is 21.0. The Hall–Kier alpha value is -4.26. The van der Waals surface area contributed by atoms with E-state index < -0.39 is 17.7 Å². The minimum atomic E-state index is -0.876. The minimum Gasteiger partial charge on any atom is -0.507 e. The van der Waals surface area contributed by atoms with Gasteiger partial charge in [0.1, 0.15) is 11.5 Å². The standard InChI is InChI=1S/C29H29NO6/c1-6-36-24-16-19(10-13-23(24)35-5)26-25(27(31)20-11-12-22(34-4)18(3)15-20)28(32)29(33)30(26)21-9-7-8-17(2)14-21/h7-16,26,31H,6H2,1-5H3/b27-25-. The van der Waals surface area contributed by atoms with Gasteiger partial charge in [0.05, 0.1) is 32.4 Å². The third-order valence-corrected chi connectivity index (χ3v) is 6.20. The van der Waals surface area contributed by atoms with E-state index in [9.17, 15) is 14.7 Å². The lowest BCUT2D eigenvalue weighted by atomic mass is 9.94. The predicted octanol–water partition coefficient (Wildman–Crippen LogP) is 5.35. The predicted molar refractivity (Wildman–Crippen MR) is 138 cm³/mol. The molecule has 0 radical (unpaired) electrons. The molecule has 1 fully saturated rings. The summed E-state index contributed by atoms with van der Waals surface area (Å²) in [6, 6.07) is 16.8. The van der Waals surface area contributed by atoms with Crippen LogP contribution in [0.15, 0.2) is 66.2 Å². The van der Waals surface area contributed by atoms with E-state index in [4.69, 9.17) is 14.2 Å². The summed E-state index contributed by atoms with van der Waals surface area (Å²) in [5, 5.41) is 11.4. The Kier molecular flexibility index (Phi) is 7.01. The Bertz CT molecular complexity index is 1360. The average Bonchev–Trinajstić information content (AvgIpc) is 3.14. The molecule has 3 aromatic rings. The molecule has 1 aliphatic rings. The van der Waals surface area contributed by atoms with Gasteiger partial charge in [-0.3, -0.25) is 14.5 Å². The van der Waals surface area contributed by atoms with Crippen LogP contribution in [0.4, 0.5) is 5.69 Å². The number of benzene rings is 3. The number of carbonyl (C=O) groups is 2. The van der Waals surface area contributed by atoms with Gasteiger partial charge in [-0.05, 0) is 79.9 Å². The van der Waals surface area contributed by atoms with E-state index in [1.165, 1.54) is 4.90 Å². The Morgan fingerprint density at radius 3 is 2.28 bits per heavy atom. The SMILES string of the molecule is CCOc1cc(C2/C(=C(/O)c3ccc(OC)c(C)c3)C(=O)C(=O)N2c2cccc(C)c2)ccc1OC. The first-order valence-electron chi connectivity index (χ1n) is 11.6. The molecule has 3 aromatic carbocycles. The lowest BCUT2D eigenvalue weighted by Gasteiger charge is -2.26. The van der Waals surface area contributed by atoms with E-state index in [0.717, 1.165) is 11.1 Å². The number of carbonyl (C=O) groups excluding carboxylic acids is 2. The number of Topliss-reactive ketones (excluding diaryl/α,β-unsaturated/α-hetero) is 1. The molecule has 7 nitrogen and oxygen atoms in total. The fourth-order valence-corrected chi connectivity index (χ4v) is 4.50. The number of amides is 1. The summed E-state index contributed by atoms with van der Waals surface area (Å²) in [5.41, 5.74) is 3.29. The highest BCUT2D eigenvalue weighted by Crippen LogP contribution is 2.44. The fraction of sp³-hybridized carbons (Fsp3) is 0.241. The quantitative estimate of drug-likeness (QED) is 0.275. The van der Waals surface area contributed by atoms with Crippen molar-refractivity contribution in [2.45, 2.75) is 26.8 Å². The molecule has 1 amide bonds. The van der Waals surface area contributed by atoms with Gasteiger partial charge >= 0.3 is 0 Å². The molecule has 1 aliphatic heterocycles. The van der Waals surface area contributed by atoms with Crippen molar-refractivity contribution in [1.29, 1.82) is 0 Å². The number of ether oxygens (including phenoxy) is 3. The van der Waals surface area contributed by atoms with Crippen molar-refractivity contribution >= 4 is 23.1 Å². The van der Waals surface area contributed by atoms with Gasteiger partial charge in [0.25, 0.3) is 11.7 Å². The van der Waals surface area contributed by atoms with Crippen molar-refractivity contribution in [3.8, 4) is 17.2 Å². The Morgan fingerprint density at radius 2 is 1.64 bits per heavy atom. The van der Waals surface area contributed by atoms with Gasteiger partial charge in [0.2, 0.25) is 0 Å². The maximum absolute atomic E-state index is 13.4. The highest BCUT2D eigenvalue weighted by atomic mass is 16.5. The highest BCUT2D eigenvalue weighted by molar-refractivity contribution is 6.51. The van der Waals surface area contributed by atoms with Crippen LogP contribution in [0.5, 0.6) is 17.2 Å². The first kappa shape index (κ1) is 24.9. The number of aliphatic hydroxyl groups excluding tert-OH is 1. The number of hydrogen-bond donors (Lipinski definition) is 1. The van der Waals surface area contributed by atoms with Crippen LogP contribution >= 0.6 is 0 Å². The van der Waals surface area contributed by atoms with E-state index in [1.807, 2.05) is 39.0 Å². The molecule has 0 aromatic heterocycles. The van der Waals surface area contributed by atoms with Crippen LogP contribution in [0.25, 0.3) is 5.76 Å². The van der Waals surface area contributed by atoms with Gasteiger partial charge in [0, 0.05) is 11.3 Å². The molecule has 1 atom stereocenters. The molecule has 1 saturated heterocycles. The topological polar surface area (TPSA) is 85.3 Å². The Balaban J connectivity index is 1.97. The molecule has 0 spiro atoms. The number of nitrogens with zero attached hydrogens (tertiary/aromatic N) is 1. The maximum atomic E-state index is 13.4. The molecule has 186 valence electrons. The van der Waals surface area contributed by atoms with Gasteiger partial charge < -0.3 is 19.3 Å². The second-order valence-electron chi connectivity index (χ2n) is 8.54. The van der Waals surface area contributed by atoms with E-state index in [2.05, 4.69) is 0 Å². The number of ketones is 1. The third-order valence-electron chi connectivity index (χ3n) is 6.20. The third kappa shape index (κ3) is 4.40. The zero-order valence-electron chi connectivity index (χ0n) is 21.0. The van der Waals surface area contributed by atoms with Crippen LogP contribution in [-0.2, 0) is 9.59 Å². The second-order valence-corrected chi connectivity index (χ2v) is 8.54. The minimum absolute atomic E-state index is 0.00121. The van der Waals surface area contributed by atoms with Crippen LogP contribution < -0.4 is 19.1 Å². The van der Waals surface area contributed by atoms with E-state index >= 15 is 0 Å². The summed E-state index contributed by atoms with van der Waals surface area (Å²) in [6.45, 7) is 6.02. The van der Waals surface area contributed by atoms with Crippen LogP contribution in [-0.4, -0.2) is 37.6 Å². The highest BCUT2D eigenvalue weighted by Gasteiger charge is 2.47. The first-order valence-corrected chi connectivity index (χ1v) is 11.6. The zero-order chi connectivity index (χ0) is 26.0. The summed E-state index contributed by atoms with van der Waals surface area (Å²) in [6.07, 6.45) is 0. The summed E-state index contributed by atoms with van der Waals surface area (Å²) in [7, 11) is 3.11. The van der Waals surface area contributed by atoms with Gasteiger partial charge in [-0.1, -0.05) is 18.2 Å². The van der Waals surface area contributed by atoms with Crippen molar-refractivity contribution in [2.24, 2.45) is 0 Å². The van der Waals surface area contributed by atoms with Crippen molar-refractivity contribution in [2.75, 3.05) is 25.7 Å². The molecule has 0 bridgehead atoms. The van der Waals surface area contributed by atoms with Crippen LogP contribution in [0.1, 0.15) is 35.2 Å². The van der Waals surface area contributed by atoms with Crippen LogP contribution in [0, 0.1) is 13.8 Å². The van der Waals surface area contributed by atoms with E-state index in [1.54, 1.807) is 56.7 Å². The van der Waals surface area contributed by atoms with Crippen molar-refractivity contribution < 1.29 is 28.9 Å². The molecule has 1 heterocycles. The number of aliphatic hydroxyl groups is 1. The lowest BCUT2D eigenvalue weighted by Crippen LogP contribution is -2.29. The molecule has 1 unspecified atom stereocenters. The maximum Gasteiger partial charge on any atom is 0.300 e. The van der Waals surface area contributed by atoms with Crippen molar-refractivity contribution in [3.63, 3.8) is 0 Å². The number of methoxy groups -OCH3 is 2. The molecule has 4 rings (SSSR count). The van der Waals surface area contributed by atoms with Crippen molar-refractivity contribution in [1.82, 2.24) is 0 Å². The molecule has 36 heavy (non-hydrogen) atoms. The molecule has 0 aliphatic carbocycles. The largest absolute Gasteiger partial charge is 0.507 e. The average molecular weight is 488 g/mol. The normalized spacial score (nSPS) is 16.8. The summed E-state index contributed by atoms with van der Waals surface area (Å²) < 4.78 is 16.5. The molecular formula is C29H29NO6. The molecule has 0 saturated carbocycles. The van der Waals surface area contributed by atoms with Crippen LogP contribution in [0.3, 0.4) is 0 Å².